The van der Waals surface area contributed by atoms with Crippen LogP contribution < -0.4 is 22.5 Å². The van der Waals surface area contributed by atoms with E-state index in [1.807, 2.05) is 0 Å². The standard InChI is InChI=1S/C25H40N8O3.ClH/c1-25(2,27)22(34)31-11-13-32(14-12-31)23(35)28-21-8-10-33(24(36)29-21)20-5-3-18(4-6-20)16-30-9-7-19(15-26)17-30;/h5,8,10,18-19H,3-4,6-7,9,11-17,26-27H2,1-2H3,(H,28,29,35,36);1H/t18-,19?;/m1./s1. The summed E-state index contributed by atoms with van der Waals surface area (Å²) in [5.74, 6) is 1.31. The second kappa shape index (κ2) is 12.4. The number of carbonyl (C=O) groups excluding carboxylic acids is 2. The van der Waals surface area contributed by atoms with Crippen LogP contribution in [0.5, 0.6) is 0 Å². The maximum Gasteiger partial charge on any atom is 0.353 e. The van der Waals surface area contributed by atoms with Crippen LogP contribution in [0.2, 0.25) is 0 Å². The first-order chi connectivity index (χ1) is 17.1. The van der Waals surface area contributed by atoms with Gasteiger partial charge in [-0.1, -0.05) is 6.08 Å². The second-order valence-corrected chi connectivity index (χ2v) is 10.9. The van der Waals surface area contributed by atoms with Gasteiger partial charge in [0.1, 0.15) is 5.82 Å². The number of urea groups is 1. The highest BCUT2D eigenvalue weighted by Gasteiger charge is 2.31. The number of halogens is 1. The Morgan fingerprint density at radius 3 is 2.38 bits per heavy atom. The molecule has 11 nitrogen and oxygen atoms in total. The molecule has 0 spiro atoms. The molecule has 2 aliphatic heterocycles. The minimum absolute atomic E-state index is 0. The normalized spacial score (nSPS) is 22.9. The van der Waals surface area contributed by atoms with Crippen LogP contribution in [-0.4, -0.2) is 94.1 Å². The summed E-state index contributed by atoms with van der Waals surface area (Å²) in [6.07, 6.45) is 7.83. The van der Waals surface area contributed by atoms with E-state index in [9.17, 15) is 14.4 Å². The Labute approximate surface area is 224 Å². The number of aromatic nitrogens is 2. The van der Waals surface area contributed by atoms with Gasteiger partial charge in [0.15, 0.2) is 0 Å². The van der Waals surface area contributed by atoms with Crippen LogP contribution in [0, 0.1) is 11.8 Å². The molecule has 1 unspecified atom stereocenters. The minimum Gasteiger partial charge on any atom is -0.338 e. The van der Waals surface area contributed by atoms with Gasteiger partial charge in [-0.25, -0.2) is 9.59 Å². The lowest BCUT2D eigenvalue weighted by molar-refractivity contribution is -0.137. The smallest absolute Gasteiger partial charge is 0.338 e. The minimum atomic E-state index is -0.936. The van der Waals surface area contributed by atoms with Crippen LogP contribution in [-0.2, 0) is 4.79 Å². The number of allylic oxidation sites excluding steroid dienone is 2. The molecule has 2 fully saturated rings. The van der Waals surface area contributed by atoms with Gasteiger partial charge in [0.05, 0.1) is 5.54 Å². The Morgan fingerprint density at radius 1 is 1.11 bits per heavy atom. The summed E-state index contributed by atoms with van der Waals surface area (Å²) in [6.45, 7) is 9.06. The Bertz CT molecular complexity index is 1050. The van der Waals surface area contributed by atoms with Crippen LogP contribution >= 0.6 is 12.4 Å². The summed E-state index contributed by atoms with van der Waals surface area (Å²) in [4.78, 5) is 47.6. The lowest BCUT2D eigenvalue weighted by Crippen LogP contribution is -2.58. The van der Waals surface area contributed by atoms with Gasteiger partial charge in [-0.05, 0) is 70.5 Å². The predicted octanol–water partition coefficient (Wildman–Crippen LogP) is 1.00. The van der Waals surface area contributed by atoms with Crippen molar-refractivity contribution in [3.8, 4) is 0 Å². The molecule has 206 valence electrons. The third-order valence-electron chi connectivity index (χ3n) is 7.47. The number of nitrogens with two attached hydrogens (primary N) is 2. The summed E-state index contributed by atoms with van der Waals surface area (Å²) in [5, 5.41) is 2.71. The molecule has 3 heterocycles. The number of likely N-dealkylation sites (tertiary alicyclic amines) is 1. The van der Waals surface area contributed by atoms with E-state index in [2.05, 4.69) is 21.3 Å². The summed E-state index contributed by atoms with van der Waals surface area (Å²) < 4.78 is 1.57. The van der Waals surface area contributed by atoms with Gasteiger partial charge >= 0.3 is 11.7 Å². The molecule has 12 heteroatoms. The average Bonchev–Trinajstić information content (AvgIpc) is 3.31. The molecule has 3 aliphatic rings. The molecule has 0 aromatic carbocycles. The number of hydrogen-bond donors (Lipinski definition) is 3. The molecule has 1 aromatic heterocycles. The molecule has 37 heavy (non-hydrogen) atoms. The topological polar surface area (TPSA) is 143 Å². The molecular weight excluding hydrogens is 496 g/mol. The van der Waals surface area contributed by atoms with Gasteiger partial charge in [0.25, 0.3) is 0 Å². The maximum atomic E-state index is 12.7. The quantitative estimate of drug-likeness (QED) is 0.492. The number of anilines is 1. The fourth-order valence-electron chi connectivity index (χ4n) is 5.30. The summed E-state index contributed by atoms with van der Waals surface area (Å²) in [6, 6.07) is 1.32. The van der Waals surface area contributed by atoms with E-state index in [-0.39, 0.29) is 30.2 Å². The lowest BCUT2D eigenvalue weighted by atomic mass is 9.92. The van der Waals surface area contributed by atoms with Gasteiger partial charge in [-0.15, -0.1) is 12.4 Å². The zero-order valence-corrected chi connectivity index (χ0v) is 22.7. The summed E-state index contributed by atoms with van der Waals surface area (Å²) in [7, 11) is 0. The molecular formula is C25H41ClN8O3. The zero-order valence-electron chi connectivity index (χ0n) is 21.9. The van der Waals surface area contributed by atoms with E-state index in [0.717, 1.165) is 51.1 Å². The molecule has 1 aromatic rings. The number of piperazine rings is 1. The zero-order chi connectivity index (χ0) is 25.9. The predicted molar refractivity (Wildman–Crippen MR) is 146 cm³/mol. The van der Waals surface area contributed by atoms with Crippen LogP contribution in [0.1, 0.15) is 39.5 Å². The van der Waals surface area contributed by atoms with Crippen molar-refractivity contribution in [2.24, 2.45) is 23.3 Å². The maximum absolute atomic E-state index is 12.7. The summed E-state index contributed by atoms with van der Waals surface area (Å²) in [5.41, 5.74) is 11.3. The highest BCUT2D eigenvalue weighted by Crippen LogP contribution is 2.28. The van der Waals surface area contributed by atoms with Crippen molar-refractivity contribution >= 4 is 35.9 Å². The molecule has 0 radical (unpaired) electrons. The van der Waals surface area contributed by atoms with Gasteiger partial charge < -0.3 is 26.2 Å². The van der Waals surface area contributed by atoms with Crippen molar-refractivity contribution in [2.45, 2.75) is 45.1 Å². The lowest BCUT2D eigenvalue weighted by Gasteiger charge is -2.37. The van der Waals surface area contributed by atoms with Crippen LogP contribution in [0.4, 0.5) is 10.6 Å². The van der Waals surface area contributed by atoms with Crippen molar-refractivity contribution in [1.29, 1.82) is 0 Å². The number of rotatable bonds is 6. The van der Waals surface area contributed by atoms with E-state index < -0.39 is 11.2 Å². The van der Waals surface area contributed by atoms with Crippen molar-refractivity contribution in [1.82, 2.24) is 24.3 Å². The fourth-order valence-corrected chi connectivity index (χ4v) is 5.30. The van der Waals surface area contributed by atoms with Gasteiger partial charge in [-0.3, -0.25) is 14.7 Å². The van der Waals surface area contributed by atoms with Crippen molar-refractivity contribution in [2.75, 3.05) is 57.7 Å². The third kappa shape index (κ3) is 7.31. The van der Waals surface area contributed by atoms with Crippen LogP contribution in [0.3, 0.4) is 0 Å². The number of carbonyl (C=O) groups is 2. The van der Waals surface area contributed by atoms with Crippen LogP contribution in [0.25, 0.3) is 5.70 Å². The molecule has 0 saturated carbocycles. The molecule has 2 saturated heterocycles. The highest BCUT2D eigenvalue weighted by molar-refractivity contribution is 5.89. The molecule has 5 N–H and O–H groups in total. The highest BCUT2D eigenvalue weighted by atomic mass is 35.5. The average molecular weight is 537 g/mol. The largest absolute Gasteiger partial charge is 0.353 e. The summed E-state index contributed by atoms with van der Waals surface area (Å²) >= 11 is 0. The Hall–Kier alpha value is -2.47. The molecule has 0 bridgehead atoms. The number of hydrogen-bond acceptors (Lipinski definition) is 7. The fraction of sp³-hybridized carbons (Fsp3) is 0.680. The third-order valence-corrected chi connectivity index (χ3v) is 7.47. The van der Waals surface area contributed by atoms with Gasteiger partial charge in [0, 0.05) is 51.2 Å². The first-order valence-electron chi connectivity index (χ1n) is 13.0. The van der Waals surface area contributed by atoms with Crippen molar-refractivity contribution in [3.63, 3.8) is 0 Å². The molecule has 2 atom stereocenters. The van der Waals surface area contributed by atoms with E-state index in [0.29, 0.717) is 38.0 Å². The number of nitrogens with zero attached hydrogens (tertiary/aromatic N) is 5. The first kappa shape index (κ1) is 29.1. The molecule has 1 aliphatic carbocycles. The Kier molecular flexibility index (Phi) is 9.74. The van der Waals surface area contributed by atoms with Crippen LogP contribution in [0.15, 0.2) is 23.1 Å². The van der Waals surface area contributed by atoms with E-state index >= 15 is 0 Å². The van der Waals surface area contributed by atoms with Gasteiger partial charge in [0.2, 0.25) is 5.91 Å². The number of nitrogens with one attached hydrogen (secondary N) is 1. The SMILES string of the molecule is CC(C)(N)C(=O)N1CCN(C(=O)Nc2ccn(C3=CC[C@@H](CN4CCC(CN)C4)CC3)c(=O)n2)CC1.Cl. The molecule has 3 amide bonds. The monoisotopic (exact) mass is 536 g/mol. The van der Waals surface area contributed by atoms with E-state index in [1.165, 1.54) is 6.42 Å². The Balaban J connectivity index is 0.00000380. The van der Waals surface area contributed by atoms with E-state index in [1.54, 1.807) is 40.5 Å². The molecule has 4 rings (SSSR count). The number of amides is 3. The van der Waals surface area contributed by atoms with E-state index in [4.69, 9.17) is 11.5 Å². The Morgan fingerprint density at radius 2 is 1.81 bits per heavy atom. The van der Waals surface area contributed by atoms with Gasteiger partial charge in [-0.2, -0.15) is 4.98 Å². The van der Waals surface area contributed by atoms with Crippen molar-refractivity contribution < 1.29 is 9.59 Å². The second-order valence-electron chi connectivity index (χ2n) is 10.9. The first-order valence-corrected chi connectivity index (χ1v) is 13.0. The van der Waals surface area contributed by atoms with Crippen molar-refractivity contribution in [3.05, 3.63) is 28.8 Å².